The first-order chi connectivity index (χ1) is 11.4. The fourth-order valence-electron chi connectivity index (χ4n) is 2.76. The third-order valence-corrected chi connectivity index (χ3v) is 3.87. The second-order valence-corrected chi connectivity index (χ2v) is 5.52. The summed E-state index contributed by atoms with van der Waals surface area (Å²) in [7, 11) is 0. The lowest BCUT2D eigenvalue weighted by atomic mass is 10.1. The standard InChI is InChI=1S/C18H19NO4/c1-2-14(18-22-10-11-23-18)12-16(3-1)19-15-6-4-13(5-7-15)17-20-8-9-21-17/h1-7,12,17-19H,8-11H2. The molecule has 2 aromatic rings. The van der Waals surface area contributed by atoms with E-state index in [0.717, 1.165) is 22.5 Å². The molecule has 2 heterocycles. The van der Waals surface area contributed by atoms with E-state index in [2.05, 4.69) is 5.32 Å². The molecule has 5 heteroatoms. The molecule has 0 spiro atoms. The van der Waals surface area contributed by atoms with Crippen LogP contribution in [0, 0.1) is 0 Å². The molecule has 0 unspecified atom stereocenters. The predicted octanol–water partition coefficient (Wildman–Crippen LogP) is 3.52. The Kier molecular flexibility index (Phi) is 4.26. The Morgan fingerprint density at radius 3 is 1.91 bits per heavy atom. The van der Waals surface area contributed by atoms with Gasteiger partial charge < -0.3 is 24.3 Å². The minimum atomic E-state index is -0.254. The van der Waals surface area contributed by atoms with Gasteiger partial charge in [0.05, 0.1) is 26.4 Å². The van der Waals surface area contributed by atoms with Gasteiger partial charge >= 0.3 is 0 Å². The van der Waals surface area contributed by atoms with Crippen molar-refractivity contribution in [2.75, 3.05) is 31.7 Å². The Morgan fingerprint density at radius 2 is 1.26 bits per heavy atom. The van der Waals surface area contributed by atoms with Crippen molar-refractivity contribution in [2.24, 2.45) is 0 Å². The highest BCUT2D eigenvalue weighted by molar-refractivity contribution is 5.60. The summed E-state index contributed by atoms with van der Waals surface area (Å²) in [5.74, 6) is 0. The number of hydrogen-bond donors (Lipinski definition) is 1. The van der Waals surface area contributed by atoms with E-state index >= 15 is 0 Å². The maximum Gasteiger partial charge on any atom is 0.184 e. The summed E-state index contributed by atoms with van der Waals surface area (Å²) in [6, 6.07) is 16.2. The van der Waals surface area contributed by atoms with Crippen LogP contribution in [0.15, 0.2) is 48.5 Å². The first-order valence-corrected chi connectivity index (χ1v) is 7.82. The molecule has 120 valence electrons. The summed E-state index contributed by atoms with van der Waals surface area (Å²) in [5, 5.41) is 3.39. The highest BCUT2D eigenvalue weighted by Crippen LogP contribution is 2.28. The summed E-state index contributed by atoms with van der Waals surface area (Å²) in [6.07, 6.45) is -0.486. The number of rotatable bonds is 4. The number of ether oxygens (including phenoxy) is 4. The van der Waals surface area contributed by atoms with E-state index in [0.29, 0.717) is 26.4 Å². The Labute approximate surface area is 135 Å². The van der Waals surface area contributed by atoms with Crippen molar-refractivity contribution >= 4 is 11.4 Å². The quantitative estimate of drug-likeness (QED) is 0.936. The van der Waals surface area contributed by atoms with E-state index in [1.807, 2.05) is 48.5 Å². The molecule has 0 atom stereocenters. The van der Waals surface area contributed by atoms with E-state index in [9.17, 15) is 0 Å². The van der Waals surface area contributed by atoms with Crippen LogP contribution >= 0.6 is 0 Å². The zero-order chi connectivity index (χ0) is 15.5. The van der Waals surface area contributed by atoms with Gasteiger partial charge in [0.15, 0.2) is 12.6 Å². The van der Waals surface area contributed by atoms with Crippen molar-refractivity contribution in [3.05, 3.63) is 59.7 Å². The molecule has 0 aliphatic carbocycles. The number of anilines is 2. The zero-order valence-corrected chi connectivity index (χ0v) is 12.7. The lowest BCUT2D eigenvalue weighted by Crippen LogP contribution is -2.00. The molecule has 2 aliphatic rings. The largest absolute Gasteiger partial charge is 0.356 e. The molecule has 2 aromatic carbocycles. The smallest absolute Gasteiger partial charge is 0.184 e. The fourth-order valence-corrected chi connectivity index (χ4v) is 2.76. The van der Waals surface area contributed by atoms with Crippen molar-refractivity contribution in [1.29, 1.82) is 0 Å². The highest BCUT2D eigenvalue weighted by Gasteiger charge is 2.19. The van der Waals surface area contributed by atoms with E-state index < -0.39 is 0 Å². The number of nitrogens with one attached hydrogen (secondary N) is 1. The second-order valence-electron chi connectivity index (χ2n) is 5.52. The molecule has 0 bridgehead atoms. The monoisotopic (exact) mass is 313 g/mol. The minimum Gasteiger partial charge on any atom is -0.356 e. The van der Waals surface area contributed by atoms with E-state index in [1.165, 1.54) is 0 Å². The van der Waals surface area contributed by atoms with Crippen LogP contribution in [0.1, 0.15) is 23.7 Å². The first-order valence-electron chi connectivity index (χ1n) is 7.82. The van der Waals surface area contributed by atoms with Crippen molar-refractivity contribution in [3.8, 4) is 0 Å². The van der Waals surface area contributed by atoms with Crippen LogP contribution in [0.5, 0.6) is 0 Å². The molecule has 0 amide bonds. The van der Waals surface area contributed by atoms with Gasteiger partial charge in [0.25, 0.3) is 0 Å². The van der Waals surface area contributed by atoms with Crippen LogP contribution in [0.25, 0.3) is 0 Å². The maximum atomic E-state index is 5.54. The van der Waals surface area contributed by atoms with Gasteiger partial charge in [0.1, 0.15) is 0 Å². The van der Waals surface area contributed by atoms with Gasteiger partial charge in [0.2, 0.25) is 0 Å². The summed E-state index contributed by atoms with van der Waals surface area (Å²) in [6.45, 7) is 2.61. The number of hydrogen-bond acceptors (Lipinski definition) is 5. The summed E-state index contributed by atoms with van der Waals surface area (Å²) < 4.78 is 22.1. The maximum absolute atomic E-state index is 5.54. The Balaban J connectivity index is 1.46. The second kappa shape index (κ2) is 6.68. The van der Waals surface area contributed by atoms with E-state index in [1.54, 1.807) is 0 Å². The average Bonchev–Trinajstić information content (AvgIpc) is 3.30. The Morgan fingerprint density at radius 1 is 0.652 bits per heavy atom. The van der Waals surface area contributed by atoms with E-state index in [-0.39, 0.29) is 12.6 Å². The molecular formula is C18H19NO4. The topological polar surface area (TPSA) is 49.0 Å². The molecule has 0 radical (unpaired) electrons. The van der Waals surface area contributed by atoms with Crippen molar-refractivity contribution in [3.63, 3.8) is 0 Å². The Bertz CT molecular complexity index is 646. The lowest BCUT2D eigenvalue weighted by Gasteiger charge is -2.13. The molecule has 1 N–H and O–H groups in total. The van der Waals surface area contributed by atoms with Crippen LogP contribution in [-0.2, 0) is 18.9 Å². The molecule has 2 fully saturated rings. The molecule has 23 heavy (non-hydrogen) atoms. The van der Waals surface area contributed by atoms with E-state index in [4.69, 9.17) is 18.9 Å². The van der Waals surface area contributed by atoms with Crippen LogP contribution in [-0.4, -0.2) is 26.4 Å². The van der Waals surface area contributed by atoms with Gasteiger partial charge in [-0.25, -0.2) is 0 Å². The molecule has 2 aliphatic heterocycles. The molecule has 0 aromatic heterocycles. The fraction of sp³-hybridized carbons (Fsp3) is 0.333. The predicted molar refractivity (Wildman–Crippen MR) is 85.5 cm³/mol. The molecular weight excluding hydrogens is 294 g/mol. The SMILES string of the molecule is c1cc(Nc2ccc(C3OCCO3)cc2)cc(C2OCCO2)c1. The average molecular weight is 313 g/mol. The van der Waals surface area contributed by atoms with Crippen LogP contribution in [0.3, 0.4) is 0 Å². The highest BCUT2D eigenvalue weighted by atomic mass is 16.7. The van der Waals surface area contributed by atoms with Gasteiger partial charge in [-0.3, -0.25) is 0 Å². The molecule has 5 nitrogen and oxygen atoms in total. The van der Waals surface area contributed by atoms with Gasteiger partial charge in [-0.1, -0.05) is 24.3 Å². The van der Waals surface area contributed by atoms with Gasteiger partial charge in [-0.2, -0.15) is 0 Å². The summed E-state index contributed by atoms with van der Waals surface area (Å²) >= 11 is 0. The third kappa shape index (κ3) is 3.38. The van der Waals surface area contributed by atoms with Crippen molar-refractivity contribution in [1.82, 2.24) is 0 Å². The summed E-state index contributed by atoms with van der Waals surface area (Å²) in [4.78, 5) is 0. The molecule has 2 saturated heterocycles. The third-order valence-electron chi connectivity index (χ3n) is 3.87. The van der Waals surface area contributed by atoms with Crippen molar-refractivity contribution < 1.29 is 18.9 Å². The molecule has 0 saturated carbocycles. The van der Waals surface area contributed by atoms with Gasteiger partial charge in [0, 0.05) is 22.5 Å². The lowest BCUT2D eigenvalue weighted by molar-refractivity contribution is -0.0443. The zero-order valence-electron chi connectivity index (χ0n) is 12.7. The normalized spacial score (nSPS) is 19.3. The first kappa shape index (κ1) is 14.7. The van der Waals surface area contributed by atoms with Gasteiger partial charge in [-0.05, 0) is 24.3 Å². The van der Waals surface area contributed by atoms with Gasteiger partial charge in [-0.15, -0.1) is 0 Å². The van der Waals surface area contributed by atoms with Crippen LogP contribution in [0.2, 0.25) is 0 Å². The van der Waals surface area contributed by atoms with Crippen molar-refractivity contribution in [2.45, 2.75) is 12.6 Å². The minimum absolute atomic E-state index is 0.232. The summed E-state index contributed by atoms with van der Waals surface area (Å²) in [5.41, 5.74) is 4.08. The molecule has 4 rings (SSSR count). The Hall–Kier alpha value is -1.92. The van der Waals surface area contributed by atoms with Crippen LogP contribution < -0.4 is 5.32 Å². The number of benzene rings is 2. The van der Waals surface area contributed by atoms with Crippen LogP contribution in [0.4, 0.5) is 11.4 Å².